The van der Waals surface area contributed by atoms with E-state index in [0.717, 1.165) is 64.6 Å². The highest BCUT2D eigenvalue weighted by molar-refractivity contribution is 14.0. The normalized spacial score (nSPS) is 17.5. The highest BCUT2D eigenvalue weighted by Gasteiger charge is 2.21. The lowest BCUT2D eigenvalue weighted by atomic mass is 10.1. The molecule has 1 rings (SSSR count). The summed E-state index contributed by atoms with van der Waals surface area (Å²) in [7, 11) is 5.79. The molecule has 150 valence electrons. The van der Waals surface area contributed by atoms with Crippen LogP contribution in [0.2, 0.25) is 0 Å². The van der Waals surface area contributed by atoms with Crippen molar-refractivity contribution in [2.45, 2.75) is 51.7 Å². The average molecular weight is 470 g/mol. The van der Waals surface area contributed by atoms with Crippen molar-refractivity contribution in [2.24, 2.45) is 4.99 Å². The van der Waals surface area contributed by atoms with Crippen molar-refractivity contribution >= 4 is 29.9 Å². The Morgan fingerprint density at radius 3 is 2.56 bits per heavy atom. The number of nitrogens with one attached hydrogen (secondary N) is 1. The zero-order chi connectivity index (χ0) is 17.8. The fourth-order valence-corrected chi connectivity index (χ4v) is 2.90. The Morgan fingerprint density at radius 2 is 2.00 bits per heavy atom. The first-order chi connectivity index (χ1) is 11.6. The molecule has 0 aromatic carbocycles. The van der Waals surface area contributed by atoms with E-state index in [-0.39, 0.29) is 24.0 Å². The molecular weight excluding hydrogens is 431 g/mol. The van der Waals surface area contributed by atoms with E-state index < -0.39 is 0 Å². The smallest absolute Gasteiger partial charge is 0.193 e. The minimum absolute atomic E-state index is 0. The molecule has 0 bridgehead atoms. The maximum atomic E-state index is 5.92. The third-order valence-electron chi connectivity index (χ3n) is 4.89. The molecule has 0 saturated carbocycles. The van der Waals surface area contributed by atoms with Gasteiger partial charge >= 0.3 is 0 Å². The SMILES string of the molecule is CCC(C)N(C)CCNC(=NC)N1CCC(OCCCOC)CC1.I. The van der Waals surface area contributed by atoms with Gasteiger partial charge in [-0.2, -0.15) is 0 Å². The summed E-state index contributed by atoms with van der Waals surface area (Å²) in [5, 5.41) is 3.50. The Bertz CT molecular complexity index is 350. The van der Waals surface area contributed by atoms with E-state index in [2.05, 4.69) is 41.0 Å². The van der Waals surface area contributed by atoms with Crippen molar-refractivity contribution in [2.75, 3.05) is 60.6 Å². The third kappa shape index (κ3) is 9.96. The van der Waals surface area contributed by atoms with Crippen molar-refractivity contribution in [3.63, 3.8) is 0 Å². The molecule has 1 N–H and O–H groups in total. The van der Waals surface area contributed by atoms with E-state index >= 15 is 0 Å². The van der Waals surface area contributed by atoms with Crippen molar-refractivity contribution in [3.05, 3.63) is 0 Å². The molecule has 1 heterocycles. The molecule has 1 atom stereocenters. The summed E-state index contributed by atoms with van der Waals surface area (Å²) in [6, 6.07) is 0.625. The summed E-state index contributed by atoms with van der Waals surface area (Å²) in [5.41, 5.74) is 0. The number of likely N-dealkylation sites (N-methyl/N-ethyl adjacent to an activating group) is 1. The fraction of sp³-hybridized carbons (Fsp3) is 0.944. The van der Waals surface area contributed by atoms with Crippen molar-refractivity contribution in [1.29, 1.82) is 0 Å². The molecule has 0 radical (unpaired) electrons. The number of methoxy groups -OCH3 is 1. The van der Waals surface area contributed by atoms with Crippen LogP contribution < -0.4 is 5.32 Å². The molecule has 1 unspecified atom stereocenters. The second kappa shape index (κ2) is 15.0. The van der Waals surface area contributed by atoms with Gasteiger partial charge in [0.25, 0.3) is 0 Å². The molecule has 6 nitrogen and oxygen atoms in total. The summed E-state index contributed by atoms with van der Waals surface area (Å²) < 4.78 is 11.0. The van der Waals surface area contributed by atoms with Gasteiger partial charge in [-0.25, -0.2) is 0 Å². The van der Waals surface area contributed by atoms with Crippen LogP contribution in [-0.2, 0) is 9.47 Å². The Labute approximate surface area is 171 Å². The van der Waals surface area contributed by atoms with Crippen LogP contribution in [0.1, 0.15) is 39.5 Å². The maximum absolute atomic E-state index is 5.92. The molecule has 1 aliphatic rings. The molecule has 0 spiro atoms. The van der Waals surface area contributed by atoms with E-state index in [1.807, 2.05) is 7.05 Å². The highest BCUT2D eigenvalue weighted by atomic mass is 127. The van der Waals surface area contributed by atoms with Crippen LogP contribution in [0.5, 0.6) is 0 Å². The number of ether oxygens (including phenoxy) is 2. The van der Waals surface area contributed by atoms with E-state index in [4.69, 9.17) is 9.47 Å². The molecule has 0 aromatic heterocycles. The Kier molecular flexibility index (Phi) is 14.9. The standard InChI is InChI=1S/C18H38N4O2.HI/c1-6-16(2)21(4)13-10-20-18(19-3)22-11-8-17(9-12-22)24-15-7-14-23-5;/h16-17H,6-15H2,1-5H3,(H,19,20);1H. The van der Waals surface area contributed by atoms with Crippen molar-refractivity contribution in [3.8, 4) is 0 Å². The van der Waals surface area contributed by atoms with Crippen molar-refractivity contribution in [1.82, 2.24) is 15.1 Å². The Hall–Kier alpha value is -0.120. The highest BCUT2D eigenvalue weighted by Crippen LogP contribution is 2.14. The average Bonchev–Trinajstić information content (AvgIpc) is 2.62. The summed E-state index contributed by atoms with van der Waals surface area (Å²) in [6.07, 6.45) is 4.68. The summed E-state index contributed by atoms with van der Waals surface area (Å²) in [4.78, 5) is 9.18. The topological polar surface area (TPSA) is 49.3 Å². The quantitative estimate of drug-likeness (QED) is 0.230. The van der Waals surface area contributed by atoms with Gasteiger partial charge in [-0.15, -0.1) is 24.0 Å². The zero-order valence-corrected chi connectivity index (χ0v) is 19.1. The number of likely N-dealkylation sites (tertiary alicyclic amines) is 1. The first kappa shape index (κ1) is 24.9. The minimum Gasteiger partial charge on any atom is -0.385 e. The molecular formula is C18H39IN4O2. The fourth-order valence-electron chi connectivity index (χ4n) is 2.90. The van der Waals surface area contributed by atoms with Gasteiger partial charge in [0.2, 0.25) is 0 Å². The summed E-state index contributed by atoms with van der Waals surface area (Å²) in [5.74, 6) is 1.02. The van der Waals surface area contributed by atoms with E-state index in [1.165, 1.54) is 6.42 Å². The lowest BCUT2D eigenvalue weighted by Crippen LogP contribution is -2.48. The number of hydrogen-bond acceptors (Lipinski definition) is 4. The maximum Gasteiger partial charge on any atom is 0.193 e. The van der Waals surface area contributed by atoms with Gasteiger partial charge in [0.05, 0.1) is 6.10 Å². The van der Waals surface area contributed by atoms with Crippen LogP contribution >= 0.6 is 24.0 Å². The van der Waals surface area contributed by atoms with Gasteiger partial charge < -0.3 is 24.6 Å². The summed E-state index contributed by atoms with van der Waals surface area (Å²) in [6.45, 7) is 10.1. The number of hydrogen-bond donors (Lipinski definition) is 1. The number of guanidine groups is 1. The largest absolute Gasteiger partial charge is 0.385 e. The molecule has 7 heteroatoms. The van der Waals surface area contributed by atoms with Gasteiger partial charge in [0, 0.05) is 59.6 Å². The van der Waals surface area contributed by atoms with Crippen molar-refractivity contribution < 1.29 is 9.47 Å². The first-order valence-corrected chi connectivity index (χ1v) is 9.38. The second-order valence-corrected chi connectivity index (χ2v) is 6.62. The van der Waals surface area contributed by atoms with Gasteiger partial charge in [0.1, 0.15) is 0 Å². The minimum atomic E-state index is 0. The molecule has 0 aromatic rings. The van der Waals surface area contributed by atoms with Crippen LogP contribution in [0.3, 0.4) is 0 Å². The van der Waals surface area contributed by atoms with Crippen LogP contribution in [0.4, 0.5) is 0 Å². The Balaban J connectivity index is 0.00000576. The van der Waals surface area contributed by atoms with Crippen LogP contribution in [0, 0.1) is 0 Å². The summed E-state index contributed by atoms with van der Waals surface area (Å²) >= 11 is 0. The number of nitrogens with zero attached hydrogens (tertiary/aromatic N) is 3. The van der Waals surface area contributed by atoms with Crippen LogP contribution in [-0.4, -0.2) is 88.5 Å². The van der Waals surface area contributed by atoms with Crippen LogP contribution in [0.15, 0.2) is 4.99 Å². The van der Waals surface area contributed by atoms with Gasteiger partial charge in [0.15, 0.2) is 5.96 Å². The van der Waals surface area contributed by atoms with Gasteiger partial charge in [-0.3, -0.25) is 4.99 Å². The lowest BCUT2D eigenvalue weighted by Gasteiger charge is -2.34. The van der Waals surface area contributed by atoms with Gasteiger partial charge in [-0.1, -0.05) is 6.92 Å². The monoisotopic (exact) mass is 470 g/mol. The first-order valence-electron chi connectivity index (χ1n) is 9.38. The molecule has 1 fully saturated rings. The lowest BCUT2D eigenvalue weighted by molar-refractivity contribution is 0.00989. The third-order valence-corrected chi connectivity index (χ3v) is 4.89. The predicted molar refractivity (Wildman–Crippen MR) is 116 cm³/mol. The molecule has 1 aliphatic heterocycles. The number of rotatable bonds is 10. The zero-order valence-electron chi connectivity index (χ0n) is 16.8. The predicted octanol–water partition coefficient (Wildman–Crippen LogP) is 2.43. The van der Waals surface area contributed by atoms with E-state index in [0.29, 0.717) is 12.1 Å². The number of piperidine rings is 1. The van der Waals surface area contributed by atoms with Crippen LogP contribution in [0.25, 0.3) is 0 Å². The number of aliphatic imine (C=N–C) groups is 1. The van der Waals surface area contributed by atoms with E-state index in [1.54, 1.807) is 7.11 Å². The van der Waals surface area contributed by atoms with E-state index in [9.17, 15) is 0 Å². The van der Waals surface area contributed by atoms with Gasteiger partial charge in [-0.05, 0) is 39.7 Å². The molecule has 0 aliphatic carbocycles. The second-order valence-electron chi connectivity index (χ2n) is 6.62. The number of halogens is 1. The molecule has 0 amide bonds. The molecule has 25 heavy (non-hydrogen) atoms. The Morgan fingerprint density at radius 1 is 1.32 bits per heavy atom. The molecule has 1 saturated heterocycles.